The lowest BCUT2D eigenvalue weighted by molar-refractivity contribution is 0.242. The molecule has 102 valence electrons. The Morgan fingerprint density at radius 2 is 2.11 bits per heavy atom. The Kier molecular flexibility index (Phi) is 4.10. The minimum atomic E-state index is 0.200. The van der Waals surface area contributed by atoms with E-state index in [1.807, 2.05) is 33.0 Å². The minimum absolute atomic E-state index is 0.200. The Morgan fingerprint density at radius 3 is 2.68 bits per heavy atom. The molecule has 0 bridgehead atoms. The van der Waals surface area contributed by atoms with Gasteiger partial charge in [0.25, 0.3) is 0 Å². The van der Waals surface area contributed by atoms with Crippen molar-refractivity contribution in [3.63, 3.8) is 0 Å². The summed E-state index contributed by atoms with van der Waals surface area (Å²) in [6.45, 7) is 8.83. The van der Waals surface area contributed by atoms with E-state index in [0.29, 0.717) is 0 Å². The Balaban J connectivity index is 2.00. The van der Waals surface area contributed by atoms with Crippen LogP contribution < -0.4 is 10.1 Å². The number of ether oxygens (including phenoxy) is 1. The molecule has 0 aliphatic rings. The second kappa shape index (κ2) is 5.78. The maximum absolute atomic E-state index is 5.67. The third-order valence-electron chi connectivity index (χ3n) is 2.79. The van der Waals surface area contributed by atoms with E-state index in [4.69, 9.17) is 4.74 Å². The van der Waals surface area contributed by atoms with Gasteiger partial charge in [0.1, 0.15) is 11.6 Å². The normalized spacial score (nSPS) is 10.8. The van der Waals surface area contributed by atoms with E-state index in [1.54, 1.807) is 0 Å². The zero-order valence-corrected chi connectivity index (χ0v) is 11.9. The first-order valence-electron chi connectivity index (χ1n) is 6.56. The number of hydrogen-bond donors (Lipinski definition) is 2. The van der Waals surface area contributed by atoms with Crippen LogP contribution in [0.3, 0.4) is 0 Å². The molecule has 1 aromatic carbocycles. The number of nitrogens with zero attached hydrogens (tertiary/aromatic N) is 1. The zero-order valence-electron chi connectivity index (χ0n) is 11.9. The summed E-state index contributed by atoms with van der Waals surface area (Å²) in [6, 6.07) is 6.10. The molecule has 0 saturated carbocycles. The summed E-state index contributed by atoms with van der Waals surface area (Å²) in [5.41, 5.74) is 3.37. The van der Waals surface area contributed by atoms with Gasteiger partial charge in [0.15, 0.2) is 0 Å². The van der Waals surface area contributed by atoms with Crippen molar-refractivity contribution < 1.29 is 4.74 Å². The van der Waals surface area contributed by atoms with E-state index < -0.39 is 0 Å². The molecule has 2 rings (SSSR count). The lowest BCUT2D eigenvalue weighted by Gasteiger charge is -2.13. The second-order valence-electron chi connectivity index (χ2n) is 4.99. The molecule has 0 saturated heterocycles. The van der Waals surface area contributed by atoms with Crippen LogP contribution in [0.2, 0.25) is 0 Å². The molecule has 0 fully saturated rings. The monoisotopic (exact) mass is 259 g/mol. The fraction of sp³-hybridized carbons (Fsp3) is 0.400. The topological polar surface area (TPSA) is 49.9 Å². The van der Waals surface area contributed by atoms with Crippen LogP contribution >= 0.6 is 0 Å². The van der Waals surface area contributed by atoms with Crippen molar-refractivity contribution in [1.29, 1.82) is 0 Å². The molecule has 1 aromatic heterocycles. The number of rotatable bonds is 5. The van der Waals surface area contributed by atoms with Crippen LogP contribution in [0.25, 0.3) is 0 Å². The molecule has 0 atom stereocenters. The molecule has 0 amide bonds. The quantitative estimate of drug-likeness (QED) is 0.865. The standard InChI is InChI=1S/C15H21N3O/c1-10(2)19-14-5-6-15(11(3)7-14)17-9-13-8-16-12(4)18-13/h5-8,10,17H,9H2,1-4H3,(H,16,18). The van der Waals surface area contributed by atoms with Gasteiger partial charge in [-0.05, 0) is 51.5 Å². The predicted molar refractivity (Wildman–Crippen MR) is 77.6 cm³/mol. The fourth-order valence-electron chi connectivity index (χ4n) is 1.93. The number of aryl methyl sites for hydroxylation is 2. The molecule has 0 aliphatic carbocycles. The van der Waals surface area contributed by atoms with Crippen LogP contribution in [0.15, 0.2) is 24.4 Å². The lowest BCUT2D eigenvalue weighted by Crippen LogP contribution is -2.06. The number of hydrogen-bond acceptors (Lipinski definition) is 3. The number of aromatic amines is 1. The first kappa shape index (κ1) is 13.5. The maximum atomic E-state index is 5.67. The van der Waals surface area contributed by atoms with Crippen LogP contribution in [-0.4, -0.2) is 16.1 Å². The summed E-state index contributed by atoms with van der Waals surface area (Å²) >= 11 is 0. The minimum Gasteiger partial charge on any atom is -0.491 e. The highest BCUT2D eigenvalue weighted by Gasteiger charge is 2.03. The zero-order chi connectivity index (χ0) is 13.8. The molecule has 2 aromatic rings. The van der Waals surface area contributed by atoms with Crippen molar-refractivity contribution in [2.24, 2.45) is 0 Å². The lowest BCUT2D eigenvalue weighted by atomic mass is 10.2. The second-order valence-corrected chi connectivity index (χ2v) is 4.99. The van der Waals surface area contributed by atoms with Crippen LogP contribution in [0.5, 0.6) is 5.75 Å². The van der Waals surface area contributed by atoms with Crippen LogP contribution in [0.4, 0.5) is 5.69 Å². The van der Waals surface area contributed by atoms with Crippen molar-refractivity contribution in [3.05, 3.63) is 41.5 Å². The summed E-state index contributed by atoms with van der Waals surface area (Å²) in [7, 11) is 0. The largest absolute Gasteiger partial charge is 0.491 e. The number of nitrogens with one attached hydrogen (secondary N) is 2. The van der Waals surface area contributed by atoms with Crippen LogP contribution in [0, 0.1) is 13.8 Å². The number of anilines is 1. The summed E-state index contributed by atoms with van der Waals surface area (Å²) in [5, 5.41) is 3.40. The van der Waals surface area contributed by atoms with Gasteiger partial charge in [-0.1, -0.05) is 0 Å². The van der Waals surface area contributed by atoms with Crippen molar-refractivity contribution in [2.75, 3.05) is 5.32 Å². The van der Waals surface area contributed by atoms with E-state index in [2.05, 4.69) is 34.3 Å². The summed E-state index contributed by atoms with van der Waals surface area (Å²) in [5.74, 6) is 1.85. The van der Waals surface area contributed by atoms with Gasteiger partial charge < -0.3 is 15.0 Å². The number of benzene rings is 1. The van der Waals surface area contributed by atoms with Gasteiger partial charge in [0.2, 0.25) is 0 Å². The Morgan fingerprint density at radius 1 is 1.32 bits per heavy atom. The predicted octanol–water partition coefficient (Wildman–Crippen LogP) is 3.43. The molecule has 2 N–H and O–H groups in total. The Hall–Kier alpha value is -1.97. The number of imidazole rings is 1. The van der Waals surface area contributed by atoms with E-state index in [9.17, 15) is 0 Å². The van der Waals surface area contributed by atoms with E-state index in [-0.39, 0.29) is 6.10 Å². The molecule has 0 radical (unpaired) electrons. The third-order valence-corrected chi connectivity index (χ3v) is 2.79. The van der Waals surface area contributed by atoms with Gasteiger partial charge in [-0.2, -0.15) is 0 Å². The molecule has 19 heavy (non-hydrogen) atoms. The molecule has 0 unspecified atom stereocenters. The summed E-state index contributed by atoms with van der Waals surface area (Å²) in [6.07, 6.45) is 2.06. The maximum Gasteiger partial charge on any atom is 0.120 e. The molecule has 1 heterocycles. The van der Waals surface area contributed by atoms with Crippen molar-refractivity contribution in [3.8, 4) is 5.75 Å². The van der Waals surface area contributed by atoms with Gasteiger partial charge in [0, 0.05) is 5.69 Å². The van der Waals surface area contributed by atoms with E-state index in [1.165, 1.54) is 5.56 Å². The van der Waals surface area contributed by atoms with Gasteiger partial charge in [-0.3, -0.25) is 0 Å². The molecular weight excluding hydrogens is 238 g/mol. The Bertz CT molecular complexity index is 546. The molecule has 0 spiro atoms. The smallest absolute Gasteiger partial charge is 0.120 e. The van der Waals surface area contributed by atoms with Crippen molar-refractivity contribution >= 4 is 5.69 Å². The SMILES string of the molecule is Cc1ncc(CNc2ccc(OC(C)C)cc2C)[nH]1. The average molecular weight is 259 g/mol. The third kappa shape index (κ3) is 3.74. The van der Waals surface area contributed by atoms with Crippen LogP contribution in [0.1, 0.15) is 30.9 Å². The highest BCUT2D eigenvalue weighted by molar-refractivity contribution is 5.53. The highest BCUT2D eigenvalue weighted by Crippen LogP contribution is 2.22. The van der Waals surface area contributed by atoms with Gasteiger partial charge >= 0.3 is 0 Å². The van der Waals surface area contributed by atoms with Crippen molar-refractivity contribution in [1.82, 2.24) is 9.97 Å². The number of H-pyrrole nitrogens is 1. The molecular formula is C15H21N3O. The average Bonchev–Trinajstić information content (AvgIpc) is 2.73. The first-order chi connectivity index (χ1) is 9.04. The molecule has 4 nitrogen and oxygen atoms in total. The van der Waals surface area contributed by atoms with Crippen molar-refractivity contribution in [2.45, 2.75) is 40.3 Å². The van der Waals surface area contributed by atoms with E-state index in [0.717, 1.165) is 29.5 Å². The fourth-order valence-corrected chi connectivity index (χ4v) is 1.93. The summed E-state index contributed by atoms with van der Waals surface area (Å²) < 4.78 is 5.67. The van der Waals surface area contributed by atoms with Gasteiger partial charge in [0.05, 0.1) is 24.5 Å². The van der Waals surface area contributed by atoms with E-state index >= 15 is 0 Å². The van der Waals surface area contributed by atoms with Gasteiger partial charge in [-0.25, -0.2) is 4.98 Å². The van der Waals surface area contributed by atoms with Crippen LogP contribution in [-0.2, 0) is 6.54 Å². The molecule has 0 aliphatic heterocycles. The Labute approximate surface area is 114 Å². The van der Waals surface area contributed by atoms with Gasteiger partial charge in [-0.15, -0.1) is 0 Å². The molecule has 4 heteroatoms. The summed E-state index contributed by atoms with van der Waals surface area (Å²) in [4.78, 5) is 7.39. The number of aromatic nitrogens is 2. The highest BCUT2D eigenvalue weighted by atomic mass is 16.5. The first-order valence-corrected chi connectivity index (χ1v) is 6.56.